The molecule has 1 fully saturated rings. The van der Waals surface area contributed by atoms with Crippen molar-refractivity contribution in [3.05, 3.63) is 23.8 Å². The Bertz CT molecular complexity index is 222. The normalized spacial score (nSPS) is 36.8. The molecule has 0 amide bonds. The van der Waals surface area contributed by atoms with Gasteiger partial charge in [0.05, 0.1) is 0 Å². The number of rotatable bonds is 0. The van der Waals surface area contributed by atoms with Gasteiger partial charge in [-0.25, -0.2) is 0 Å². The van der Waals surface area contributed by atoms with E-state index in [1.807, 2.05) is 0 Å². The lowest BCUT2D eigenvalue weighted by Crippen LogP contribution is -1.99. The number of allylic oxidation sites excluding steroid dienone is 4. The summed E-state index contributed by atoms with van der Waals surface area (Å²) >= 11 is 0. The third-order valence-corrected chi connectivity index (χ3v) is 3.59. The zero-order valence-electron chi connectivity index (χ0n) is 8.63. The Morgan fingerprint density at radius 3 is 3.00 bits per heavy atom. The highest BCUT2D eigenvalue weighted by atomic mass is 14.3. The zero-order valence-corrected chi connectivity index (χ0v) is 8.63. The molecule has 0 saturated heterocycles. The van der Waals surface area contributed by atoms with Crippen molar-refractivity contribution in [2.45, 2.75) is 45.4 Å². The van der Waals surface area contributed by atoms with Crippen LogP contribution in [0.4, 0.5) is 0 Å². The van der Waals surface area contributed by atoms with Crippen molar-refractivity contribution >= 4 is 0 Å². The first kappa shape index (κ1) is 9.05. The Balaban J connectivity index is 2.14. The summed E-state index contributed by atoms with van der Waals surface area (Å²) in [5.74, 6) is 1.78. The van der Waals surface area contributed by atoms with E-state index in [2.05, 4.69) is 25.2 Å². The third kappa shape index (κ3) is 2.04. The van der Waals surface area contributed by atoms with Crippen molar-refractivity contribution in [2.75, 3.05) is 0 Å². The van der Waals surface area contributed by atoms with E-state index < -0.39 is 0 Å². The smallest absolute Gasteiger partial charge is 0.0197 e. The van der Waals surface area contributed by atoms with Crippen LogP contribution >= 0.6 is 0 Å². The molecule has 0 aliphatic heterocycles. The monoisotopic (exact) mass is 176 g/mol. The molecule has 0 aromatic heterocycles. The first-order chi connectivity index (χ1) is 6.38. The van der Waals surface area contributed by atoms with E-state index in [4.69, 9.17) is 0 Å². The van der Waals surface area contributed by atoms with Crippen LogP contribution in [0.1, 0.15) is 45.4 Å². The average molecular weight is 176 g/mol. The van der Waals surface area contributed by atoms with E-state index in [0.717, 1.165) is 11.8 Å². The lowest BCUT2D eigenvalue weighted by Gasteiger charge is -2.12. The van der Waals surface area contributed by atoms with Crippen LogP contribution in [0.2, 0.25) is 0 Å². The van der Waals surface area contributed by atoms with Crippen molar-refractivity contribution in [1.29, 1.82) is 0 Å². The molecule has 0 heteroatoms. The Hall–Kier alpha value is -0.520. The van der Waals surface area contributed by atoms with Crippen LogP contribution in [-0.4, -0.2) is 0 Å². The Kier molecular flexibility index (Phi) is 2.87. The lowest BCUT2D eigenvalue weighted by atomic mass is 9.93. The molecule has 2 rings (SSSR count). The van der Waals surface area contributed by atoms with Crippen LogP contribution in [0.3, 0.4) is 0 Å². The van der Waals surface area contributed by atoms with Gasteiger partial charge < -0.3 is 0 Å². The Labute approximate surface area is 81.7 Å². The van der Waals surface area contributed by atoms with Crippen LogP contribution in [0, 0.1) is 11.8 Å². The van der Waals surface area contributed by atoms with E-state index in [-0.39, 0.29) is 0 Å². The summed E-state index contributed by atoms with van der Waals surface area (Å²) in [6.45, 7) is 2.39. The van der Waals surface area contributed by atoms with Gasteiger partial charge in [0.25, 0.3) is 0 Å². The topological polar surface area (TPSA) is 0 Å². The predicted molar refractivity (Wildman–Crippen MR) is 57.6 cm³/mol. The van der Waals surface area contributed by atoms with Crippen molar-refractivity contribution in [2.24, 2.45) is 11.8 Å². The summed E-state index contributed by atoms with van der Waals surface area (Å²) in [5, 5.41) is 0. The van der Waals surface area contributed by atoms with Gasteiger partial charge in [-0.05, 0) is 43.9 Å². The average Bonchev–Trinajstić information content (AvgIpc) is 2.51. The van der Waals surface area contributed by atoms with Gasteiger partial charge in [-0.3, -0.25) is 0 Å². The fourth-order valence-electron chi connectivity index (χ4n) is 2.73. The van der Waals surface area contributed by atoms with Crippen LogP contribution in [0.5, 0.6) is 0 Å². The van der Waals surface area contributed by atoms with E-state index in [0.29, 0.717) is 0 Å². The van der Waals surface area contributed by atoms with E-state index in [1.54, 1.807) is 5.57 Å². The molecule has 0 aromatic rings. The molecule has 2 aliphatic carbocycles. The van der Waals surface area contributed by atoms with E-state index >= 15 is 0 Å². The van der Waals surface area contributed by atoms with Gasteiger partial charge in [-0.2, -0.15) is 0 Å². The van der Waals surface area contributed by atoms with Crippen molar-refractivity contribution < 1.29 is 0 Å². The predicted octanol–water partition coefficient (Wildman–Crippen LogP) is 4.09. The minimum Gasteiger partial charge on any atom is -0.0845 e. The molecule has 2 unspecified atom stereocenters. The van der Waals surface area contributed by atoms with Crippen molar-refractivity contribution in [3.63, 3.8) is 0 Å². The fourth-order valence-corrected chi connectivity index (χ4v) is 2.73. The Morgan fingerprint density at radius 2 is 2.08 bits per heavy atom. The lowest BCUT2D eigenvalue weighted by molar-refractivity contribution is 0.533. The summed E-state index contributed by atoms with van der Waals surface area (Å²) in [4.78, 5) is 0. The number of fused-ring (bicyclic) bond motifs is 1. The molecule has 72 valence electrons. The molecule has 13 heavy (non-hydrogen) atoms. The third-order valence-electron chi connectivity index (χ3n) is 3.59. The van der Waals surface area contributed by atoms with Crippen molar-refractivity contribution in [1.82, 2.24) is 0 Å². The SMILES string of the molecule is CC1CCC2CCCC/C=C/C=C12. The van der Waals surface area contributed by atoms with Crippen LogP contribution in [0.15, 0.2) is 23.8 Å². The molecule has 0 bridgehead atoms. The minimum absolute atomic E-state index is 0.854. The fraction of sp³-hybridized carbons (Fsp3) is 0.692. The van der Waals surface area contributed by atoms with Crippen LogP contribution in [0.25, 0.3) is 0 Å². The first-order valence-electron chi connectivity index (χ1n) is 5.74. The summed E-state index contributed by atoms with van der Waals surface area (Å²) in [5.41, 5.74) is 1.73. The highest BCUT2D eigenvalue weighted by Crippen LogP contribution is 2.39. The maximum absolute atomic E-state index is 2.40. The van der Waals surface area contributed by atoms with Gasteiger partial charge >= 0.3 is 0 Å². The van der Waals surface area contributed by atoms with E-state index in [1.165, 1.54) is 38.5 Å². The standard InChI is InChI=1S/C13H20/c1-11-9-10-12-7-5-3-2-4-6-8-13(11)12/h4,6,8,11-12H,2-3,5,7,9-10H2,1H3/b6-4+,13-8?. The molecule has 2 atom stereocenters. The summed E-state index contributed by atoms with van der Waals surface area (Å²) in [7, 11) is 0. The maximum Gasteiger partial charge on any atom is -0.0197 e. The molecule has 1 saturated carbocycles. The summed E-state index contributed by atoms with van der Waals surface area (Å²) in [6.07, 6.45) is 15.4. The van der Waals surface area contributed by atoms with Gasteiger partial charge in [0.15, 0.2) is 0 Å². The van der Waals surface area contributed by atoms with Crippen LogP contribution in [-0.2, 0) is 0 Å². The second-order valence-electron chi connectivity index (χ2n) is 4.55. The van der Waals surface area contributed by atoms with Crippen LogP contribution < -0.4 is 0 Å². The van der Waals surface area contributed by atoms with E-state index in [9.17, 15) is 0 Å². The first-order valence-corrected chi connectivity index (χ1v) is 5.74. The molecule has 2 aliphatic rings. The molecule has 0 nitrogen and oxygen atoms in total. The molecule has 0 aromatic carbocycles. The highest BCUT2D eigenvalue weighted by Gasteiger charge is 2.26. The van der Waals surface area contributed by atoms with Crippen molar-refractivity contribution in [3.8, 4) is 0 Å². The molecule has 0 spiro atoms. The highest BCUT2D eigenvalue weighted by molar-refractivity contribution is 5.21. The summed E-state index contributed by atoms with van der Waals surface area (Å²) < 4.78 is 0. The number of hydrogen-bond acceptors (Lipinski definition) is 0. The molecule has 0 heterocycles. The quantitative estimate of drug-likeness (QED) is 0.521. The van der Waals surface area contributed by atoms with Gasteiger partial charge in [0, 0.05) is 0 Å². The Morgan fingerprint density at radius 1 is 1.15 bits per heavy atom. The number of hydrogen-bond donors (Lipinski definition) is 0. The zero-order chi connectivity index (χ0) is 9.10. The largest absolute Gasteiger partial charge is 0.0845 e. The van der Waals surface area contributed by atoms with Gasteiger partial charge in [0.1, 0.15) is 0 Å². The molecular formula is C13H20. The van der Waals surface area contributed by atoms with Gasteiger partial charge in [-0.15, -0.1) is 0 Å². The minimum atomic E-state index is 0.854. The van der Waals surface area contributed by atoms with Gasteiger partial charge in [0.2, 0.25) is 0 Å². The molecule has 0 N–H and O–H groups in total. The second-order valence-corrected chi connectivity index (χ2v) is 4.55. The maximum atomic E-state index is 2.40. The van der Waals surface area contributed by atoms with Gasteiger partial charge in [-0.1, -0.05) is 37.1 Å². The molecular weight excluding hydrogens is 156 g/mol. The molecule has 0 radical (unpaired) electrons. The second kappa shape index (κ2) is 4.13. The summed E-state index contributed by atoms with van der Waals surface area (Å²) in [6, 6.07) is 0.